The lowest BCUT2D eigenvalue weighted by atomic mass is 9.90. The third kappa shape index (κ3) is 9.57. The van der Waals surface area contributed by atoms with E-state index in [0.717, 1.165) is 42.9 Å². The summed E-state index contributed by atoms with van der Waals surface area (Å²) in [5, 5.41) is 22.9. The monoisotopic (exact) mass is 893 g/mol. The number of phenols is 1. The van der Waals surface area contributed by atoms with Gasteiger partial charge in [0.25, 0.3) is 0 Å². The Kier molecular flexibility index (Phi) is 13.0. The van der Waals surface area contributed by atoms with Crippen LogP contribution in [-0.2, 0) is 22.6 Å². The standard InChI is InChI=1S/C40H49Br2N9O5/c41-31-21-27(22-32(42)36(31)52)24-34(47-39(55)50-15-9-30(10-16-50)51-25-28-3-1-2-4-33(28)46-40(51)56)37(53)45-35(23-26-5-11-43-12-6-26)38(54)49-19-17-48(18-20-49)29-7-13-44-14-8-29/h1-4,7-8,13-14,21-22,26,30,34-35,43,52H,5-6,9-12,15-20,23-25H2,(H,45,53)(H,46,56)(H,47,55)/t34?,35-/m0/s1. The number of aromatic hydroxyl groups is 1. The number of benzene rings is 2. The zero-order valence-corrected chi connectivity index (χ0v) is 34.4. The number of hydrogen-bond acceptors (Lipinski definition) is 8. The minimum Gasteiger partial charge on any atom is -0.506 e. The van der Waals surface area contributed by atoms with Crippen molar-refractivity contribution in [3.05, 3.63) is 81.0 Å². The van der Waals surface area contributed by atoms with E-state index < -0.39 is 18.0 Å². The van der Waals surface area contributed by atoms with Gasteiger partial charge >= 0.3 is 12.1 Å². The number of anilines is 2. The summed E-state index contributed by atoms with van der Waals surface area (Å²) in [6, 6.07) is 12.8. The van der Waals surface area contributed by atoms with Crippen molar-refractivity contribution in [1.82, 2.24) is 35.6 Å². The molecular weight excluding hydrogens is 846 g/mol. The first-order valence-electron chi connectivity index (χ1n) is 19.5. The quantitative estimate of drug-likeness (QED) is 0.196. The van der Waals surface area contributed by atoms with Crippen LogP contribution < -0.4 is 26.2 Å². The molecule has 3 saturated heterocycles. The lowest BCUT2D eigenvalue weighted by molar-refractivity contribution is -0.137. The lowest BCUT2D eigenvalue weighted by Crippen LogP contribution is -2.59. The first kappa shape index (κ1) is 39.8. The van der Waals surface area contributed by atoms with Crippen molar-refractivity contribution in [2.24, 2.45) is 5.92 Å². The van der Waals surface area contributed by atoms with Crippen LogP contribution in [0.4, 0.5) is 21.0 Å². The van der Waals surface area contributed by atoms with Gasteiger partial charge in [0.15, 0.2) is 0 Å². The number of halogens is 2. The summed E-state index contributed by atoms with van der Waals surface area (Å²) in [5.41, 5.74) is 3.64. The Hall–Kier alpha value is -4.41. The highest BCUT2D eigenvalue weighted by Crippen LogP contribution is 2.34. The average Bonchev–Trinajstić information content (AvgIpc) is 3.22. The van der Waals surface area contributed by atoms with E-state index >= 15 is 0 Å². The van der Waals surface area contributed by atoms with Crippen LogP contribution in [-0.4, -0.2) is 119 Å². The molecule has 0 bridgehead atoms. The van der Waals surface area contributed by atoms with Gasteiger partial charge in [-0.25, -0.2) is 9.59 Å². The van der Waals surface area contributed by atoms with Crippen molar-refractivity contribution in [2.75, 3.05) is 62.6 Å². The Morgan fingerprint density at radius 3 is 2.23 bits per heavy atom. The molecule has 56 heavy (non-hydrogen) atoms. The second-order valence-electron chi connectivity index (χ2n) is 15.1. The van der Waals surface area contributed by atoms with E-state index in [2.05, 4.69) is 63.0 Å². The number of fused-ring (bicyclic) bond motifs is 1. The van der Waals surface area contributed by atoms with Gasteiger partial charge in [-0.3, -0.25) is 14.6 Å². The zero-order chi connectivity index (χ0) is 39.2. The number of pyridine rings is 1. The summed E-state index contributed by atoms with van der Waals surface area (Å²) in [7, 11) is 0. The third-order valence-electron chi connectivity index (χ3n) is 11.4. The van der Waals surface area contributed by atoms with Crippen molar-refractivity contribution < 1.29 is 24.3 Å². The van der Waals surface area contributed by atoms with Crippen LogP contribution in [0.1, 0.15) is 43.2 Å². The minimum atomic E-state index is -1.01. The van der Waals surface area contributed by atoms with Gasteiger partial charge in [-0.2, -0.15) is 0 Å². The molecule has 4 aliphatic rings. The summed E-state index contributed by atoms with van der Waals surface area (Å²) >= 11 is 6.79. The molecule has 5 heterocycles. The van der Waals surface area contributed by atoms with E-state index in [1.54, 1.807) is 29.4 Å². The van der Waals surface area contributed by atoms with Crippen LogP contribution in [0.25, 0.3) is 0 Å². The molecule has 4 aliphatic heterocycles. The maximum Gasteiger partial charge on any atom is 0.322 e. The number of nitrogens with zero attached hydrogens (tertiary/aromatic N) is 5. The maximum absolute atomic E-state index is 14.4. The Labute approximate surface area is 344 Å². The Balaban J connectivity index is 1.04. The summed E-state index contributed by atoms with van der Waals surface area (Å²) in [5.74, 6) is -0.264. The fraction of sp³-hybridized carbons (Fsp3) is 0.475. The van der Waals surface area contributed by atoms with Crippen LogP contribution in [0.5, 0.6) is 5.75 Å². The van der Waals surface area contributed by atoms with Crippen molar-refractivity contribution >= 4 is 67.1 Å². The fourth-order valence-corrected chi connectivity index (χ4v) is 9.51. The minimum absolute atomic E-state index is 0.0317. The van der Waals surface area contributed by atoms with Gasteiger partial charge < -0.3 is 46.0 Å². The number of piperidine rings is 2. The number of para-hydroxylation sites is 1. The highest BCUT2D eigenvalue weighted by Gasteiger charge is 2.36. The smallest absolute Gasteiger partial charge is 0.322 e. The van der Waals surface area contributed by atoms with Crippen molar-refractivity contribution in [2.45, 2.75) is 63.2 Å². The largest absolute Gasteiger partial charge is 0.506 e. The van der Waals surface area contributed by atoms with E-state index in [4.69, 9.17) is 0 Å². The third-order valence-corrected chi connectivity index (χ3v) is 12.7. The number of nitrogens with one attached hydrogen (secondary N) is 4. The summed E-state index contributed by atoms with van der Waals surface area (Å²) in [6.07, 6.45) is 7.17. The molecule has 16 heteroatoms. The van der Waals surface area contributed by atoms with Crippen LogP contribution in [0.3, 0.4) is 0 Å². The second-order valence-corrected chi connectivity index (χ2v) is 16.8. The number of hydrogen-bond donors (Lipinski definition) is 5. The number of amides is 6. The maximum atomic E-state index is 14.4. The molecule has 2 atom stereocenters. The van der Waals surface area contributed by atoms with Gasteiger partial charge in [-0.1, -0.05) is 18.2 Å². The SMILES string of the molecule is O=C(N[C@@H](CC1CCNCC1)C(=O)N1CCN(c2ccncc2)CC1)C(Cc1cc(Br)c(O)c(Br)c1)NC(=O)N1CCC(N2Cc3ccccc3NC2=O)CC1. The molecule has 14 nitrogen and oxygen atoms in total. The summed E-state index contributed by atoms with van der Waals surface area (Å²) in [4.78, 5) is 67.3. The predicted octanol–water partition coefficient (Wildman–Crippen LogP) is 4.67. The number of phenolic OH excluding ortho intramolecular Hbond substituents is 1. The molecule has 0 radical (unpaired) electrons. The Morgan fingerprint density at radius 2 is 1.54 bits per heavy atom. The van der Waals surface area contributed by atoms with Gasteiger partial charge in [0.05, 0.1) is 8.95 Å². The molecule has 2 aromatic carbocycles. The first-order chi connectivity index (χ1) is 27.1. The normalized spacial score (nSPS) is 19.1. The molecule has 1 aromatic heterocycles. The van der Waals surface area contributed by atoms with E-state index in [1.807, 2.05) is 46.2 Å². The molecule has 0 saturated carbocycles. The van der Waals surface area contributed by atoms with Crippen LogP contribution in [0.15, 0.2) is 69.9 Å². The fourth-order valence-electron chi connectivity index (χ4n) is 8.22. The number of urea groups is 2. The molecule has 6 amide bonds. The number of carbonyl (C=O) groups excluding carboxylic acids is 4. The topological polar surface area (TPSA) is 162 Å². The van der Waals surface area contributed by atoms with Crippen LogP contribution >= 0.6 is 31.9 Å². The van der Waals surface area contributed by atoms with Crippen LogP contribution in [0, 0.1) is 5.92 Å². The van der Waals surface area contributed by atoms with E-state index in [-0.39, 0.29) is 42.1 Å². The van der Waals surface area contributed by atoms with Gasteiger partial charge in [0, 0.05) is 82.0 Å². The zero-order valence-electron chi connectivity index (χ0n) is 31.3. The number of carbonyl (C=O) groups is 4. The van der Waals surface area contributed by atoms with Gasteiger partial charge in [-0.15, -0.1) is 0 Å². The van der Waals surface area contributed by atoms with E-state index in [9.17, 15) is 24.3 Å². The summed E-state index contributed by atoms with van der Waals surface area (Å²) < 4.78 is 0.896. The molecule has 1 unspecified atom stereocenters. The van der Waals surface area contributed by atoms with Gasteiger partial charge in [-0.05, 0) is 124 Å². The highest BCUT2D eigenvalue weighted by atomic mass is 79.9. The molecule has 5 N–H and O–H groups in total. The number of likely N-dealkylation sites (tertiary alicyclic amines) is 1. The molecule has 298 valence electrons. The number of piperazine rings is 1. The molecule has 0 spiro atoms. The highest BCUT2D eigenvalue weighted by molar-refractivity contribution is 9.11. The lowest BCUT2D eigenvalue weighted by Gasteiger charge is -2.41. The summed E-state index contributed by atoms with van der Waals surface area (Å²) in [6.45, 7) is 5.44. The molecule has 3 fully saturated rings. The average molecular weight is 896 g/mol. The van der Waals surface area contributed by atoms with E-state index in [1.165, 1.54) is 0 Å². The molecule has 3 aromatic rings. The molecule has 0 aliphatic carbocycles. The Morgan fingerprint density at radius 1 is 0.857 bits per heavy atom. The first-order valence-corrected chi connectivity index (χ1v) is 21.0. The van der Waals surface area contributed by atoms with Gasteiger partial charge in [0.2, 0.25) is 11.8 Å². The predicted molar refractivity (Wildman–Crippen MR) is 220 cm³/mol. The number of aromatic nitrogens is 1. The van der Waals surface area contributed by atoms with E-state index in [0.29, 0.717) is 79.6 Å². The molecule has 7 rings (SSSR count). The Bertz CT molecular complexity index is 1860. The van der Waals surface area contributed by atoms with Crippen molar-refractivity contribution in [1.29, 1.82) is 0 Å². The van der Waals surface area contributed by atoms with Crippen LogP contribution in [0.2, 0.25) is 0 Å². The van der Waals surface area contributed by atoms with Crippen molar-refractivity contribution in [3.63, 3.8) is 0 Å². The molecular formula is C40H49Br2N9O5. The number of rotatable bonds is 10. The second kappa shape index (κ2) is 18.2. The van der Waals surface area contributed by atoms with Crippen molar-refractivity contribution in [3.8, 4) is 5.75 Å². The van der Waals surface area contributed by atoms with Gasteiger partial charge in [0.1, 0.15) is 17.8 Å².